The van der Waals surface area contributed by atoms with Crippen LogP contribution in [-0.4, -0.2) is 30.2 Å². The van der Waals surface area contributed by atoms with Gasteiger partial charge in [-0.2, -0.15) is 17.6 Å². The lowest BCUT2D eigenvalue weighted by atomic mass is 9.92. The summed E-state index contributed by atoms with van der Waals surface area (Å²) in [5.74, 6) is -0.354. The Morgan fingerprint density at radius 1 is 1.06 bits per heavy atom. The summed E-state index contributed by atoms with van der Waals surface area (Å²) in [6, 6.07) is 14.1. The number of hydrogen-bond donors (Lipinski definition) is 1. The number of benzene rings is 2. The summed E-state index contributed by atoms with van der Waals surface area (Å²) in [5, 5.41) is 2.92. The van der Waals surface area contributed by atoms with E-state index in [1.165, 1.54) is 24.4 Å². The molecule has 0 aliphatic carbocycles. The van der Waals surface area contributed by atoms with Gasteiger partial charge in [-0.3, -0.25) is 4.98 Å². The lowest BCUT2D eigenvalue weighted by Gasteiger charge is -2.25. The molecule has 10 heteroatoms. The average Bonchev–Trinajstić information content (AvgIpc) is 2.83. The number of rotatable bonds is 9. The highest BCUT2D eigenvalue weighted by Crippen LogP contribution is 2.46. The van der Waals surface area contributed by atoms with E-state index < -0.39 is 30.5 Å². The molecular formula is C26H25ClF4N2O3. The largest absolute Gasteiger partial charge is 0.461 e. The van der Waals surface area contributed by atoms with Crippen LogP contribution in [0.25, 0.3) is 22.4 Å². The van der Waals surface area contributed by atoms with Crippen LogP contribution < -0.4 is 10.1 Å². The van der Waals surface area contributed by atoms with Gasteiger partial charge in [0.1, 0.15) is 11.9 Å². The summed E-state index contributed by atoms with van der Waals surface area (Å²) in [5.41, 5.74) is 0.937. The topological polar surface area (TPSA) is 60.5 Å². The maximum Gasteiger partial charge on any atom is 0.461 e. The van der Waals surface area contributed by atoms with Gasteiger partial charge in [-0.15, -0.1) is 0 Å². The van der Waals surface area contributed by atoms with Crippen molar-refractivity contribution >= 4 is 17.7 Å². The quantitative estimate of drug-likeness (QED) is 0.291. The van der Waals surface area contributed by atoms with Crippen molar-refractivity contribution in [2.24, 2.45) is 5.92 Å². The number of alkyl halides is 4. The van der Waals surface area contributed by atoms with Crippen molar-refractivity contribution in [2.45, 2.75) is 39.4 Å². The van der Waals surface area contributed by atoms with Crippen LogP contribution in [0.5, 0.6) is 5.75 Å². The number of carbonyl (C=O) groups excluding carboxylic acids is 1. The van der Waals surface area contributed by atoms with E-state index in [2.05, 4.69) is 10.3 Å². The van der Waals surface area contributed by atoms with Gasteiger partial charge in [-0.25, -0.2) is 4.79 Å². The summed E-state index contributed by atoms with van der Waals surface area (Å²) >= 11 is 5.91. The molecule has 1 aromatic heterocycles. The number of nitrogens with one attached hydrogen (secondary N) is 1. The zero-order valence-corrected chi connectivity index (χ0v) is 20.5. The van der Waals surface area contributed by atoms with Crippen molar-refractivity contribution in [3.63, 3.8) is 0 Å². The lowest BCUT2D eigenvalue weighted by molar-refractivity contribution is -0.252. The number of halogens is 5. The third kappa shape index (κ3) is 6.66. The molecule has 192 valence electrons. The molecule has 1 heterocycles. The van der Waals surface area contributed by atoms with E-state index in [1.807, 2.05) is 13.8 Å². The highest BCUT2D eigenvalue weighted by atomic mass is 35.5. The molecule has 5 nitrogen and oxygen atoms in total. The van der Waals surface area contributed by atoms with Gasteiger partial charge in [0.25, 0.3) is 0 Å². The molecule has 0 radical (unpaired) electrons. The minimum atomic E-state index is -4.80. The van der Waals surface area contributed by atoms with E-state index >= 15 is 0 Å². The second-order valence-electron chi connectivity index (χ2n) is 8.42. The Morgan fingerprint density at radius 2 is 1.75 bits per heavy atom. The molecular weight excluding hydrogens is 500 g/mol. The number of carbonyl (C=O) groups is 1. The van der Waals surface area contributed by atoms with Crippen molar-refractivity contribution in [3.05, 3.63) is 71.4 Å². The number of aromatic nitrogens is 1. The smallest absolute Gasteiger partial charge is 0.442 e. The van der Waals surface area contributed by atoms with Crippen molar-refractivity contribution in [2.75, 3.05) is 6.54 Å². The van der Waals surface area contributed by atoms with Crippen molar-refractivity contribution < 1.29 is 31.8 Å². The number of pyridine rings is 1. The van der Waals surface area contributed by atoms with Crippen LogP contribution in [0.2, 0.25) is 5.02 Å². The maximum atomic E-state index is 14.3. The van der Waals surface area contributed by atoms with Gasteiger partial charge in [0.05, 0.1) is 10.7 Å². The molecule has 2 aromatic carbocycles. The molecule has 3 rings (SSSR count). The standard InChI is InChI=1S/C26H25ClF4N2O3/c1-15(2)13-33-25(34)35-16(3)19-10-11-20(21-12-9-18(27)14-32-21)23(36-26(30,31)24(28)29)22(19)17-7-5-4-6-8-17/h4-12,14-16,24H,13H2,1-3H3,(H,33,34)/t16-/m0/s1. The molecule has 0 saturated carbocycles. The Morgan fingerprint density at radius 3 is 2.33 bits per heavy atom. The lowest BCUT2D eigenvalue weighted by Crippen LogP contribution is -2.34. The monoisotopic (exact) mass is 524 g/mol. The van der Waals surface area contributed by atoms with E-state index in [0.29, 0.717) is 17.1 Å². The fourth-order valence-corrected chi connectivity index (χ4v) is 3.53. The van der Waals surface area contributed by atoms with E-state index in [9.17, 15) is 22.4 Å². The van der Waals surface area contributed by atoms with Crippen LogP contribution in [-0.2, 0) is 4.74 Å². The van der Waals surface area contributed by atoms with Crippen molar-refractivity contribution in [1.82, 2.24) is 10.3 Å². The minimum Gasteiger partial charge on any atom is -0.442 e. The first-order valence-corrected chi connectivity index (χ1v) is 11.5. The van der Waals surface area contributed by atoms with E-state index in [4.69, 9.17) is 21.1 Å². The second kappa shape index (κ2) is 11.6. The molecule has 0 aliphatic rings. The summed E-state index contributed by atoms with van der Waals surface area (Å²) in [6.07, 6.45) is -9.25. The van der Waals surface area contributed by atoms with Crippen molar-refractivity contribution in [1.29, 1.82) is 0 Å². The summed E-state index contributed by atoms with van der Waals surface area (Å²) in [7, 11) is 0. The van der Waals surface area contributed by atoms with E-state index in [-0.39, 0.29) is 28.3 Å². The van der Waals surface area contributed by atoms with E-state index in [1.54, 1.807) is 43.3 Å². The highest BCUT2D eigenvalue weighted by Gasteiger charge is 2.45. The third-order valence-electron chi connectivity index (χ3n) is 5.12. The van der Waals surface area contributed by atoms with Gasteiger partial charge in [-0.05, 0) is 36.6 Å². The zero-order valence-electron chi connectivity index (χ0n) is 19.8. The van der Waals surface area contributed by atoms with Gasteiger partial charge >= 0.3 is 18.6 Å². The predicted octanol–water partition coefficient (Wildman–Crippen LogP) is 7.75. The molecule has 1 N–H and O–H groups in total. The third-order valence-corrected chi connectivity index (χ3v) is 5.35. The molecule has 0 unspecified atom stereocenters. The molecule has 36 heavy (non-hydrogen) atoms. The Hall–Kier alpha value is -3.33. The molecule has 1 atom stereocenters. The summed E-state index contributed by atoms with van der Waals surface area (Å²) in [4.78, 5) is 16.4. The molecule has 3 aromatic rings. The Labute approximate surface area is 211 Å². The molecule has 1 amide bonds. The van der Waals surface area contributed by atoms with Crippen LogP contribution in [0.4, 0.5) is 22.4 Å². The fraction of sp³-hybridized carbons (Fsp3) is 0.308. The van der Waals surface area contributed by atoms with Gasteiger partial charge in [0, 0.05) is 29.4 Å². The van der Waals surface area contributed by atoms with Crippen LogP contribution >= 0.6 is 11.6 Å². The van der Waals surface area contributed by atoms with Gasteiger partial charge in [-0.1, -0.05) is 61.8 Å². The predicted molar refractivity (Wildman–Crippen MR) is 129 cm³/mol. The van der Waals surface area contributed by atoms with Crippen LogP contribution in [0.3, 0.4) is 0 Å². The molecule has 0 aliphatic heterocycles. The molecule has 0 bridgehead atoms. The highest BCUT2D eigenvalue weighted by molar-refractivity contribution is 6.30. The van der Waals surface area contributed by atoms with Crippen LogP contribution in [0, 0.1) is 5.92 Å². The van der Waals surface area contributed by atoms with Crippen LogP contribution in [0.15, 0.2) is 60.8 Å². The number of hydrogen-bond acceptors (Lipinski definition) is 4. The fourth-order valence-electron chi connectivity index (χ4n) is 3.42. The number of amides is 1. The van der Waals surface area contributed by atoms with Gasteiger partial charge in [0.2, 0.25) is 0 Å². The zero-order chi connectivity index (χ0) is 26.5. The minimum absolute atomic E-state index is 0.0334. The number of ether oxygens (including phenoxy) is 2. The molecule has 0 fully saturated rings. The van der Waals surface area contributed by atoms with Gasteiger partial charge in [0.15, 0.2) is 0 Å². The van der Waals surface area contributed by atoms with Gasteiger partial charge < -0.3 is 14.8 Å². The first kappa shape index (κ1) is 27.3. The normalized spacial score (nSPS) is 12.5. The Kier molecular flexibility index (Phi) is 8.79. The van der Waals surface area contributed by atoms with Crippen molar-refractivity contribution in [3.8, 4) is 28.1 Å². The maximum absolute atomic E-state index is 14.3. The first-order valence-electron chi connectivity index (χ1n) is 11.1. The molecule has 0 spiro atoms. The van der Waals surface area contributed by atoms with Crippen LogP contribution in [0.1, 0.15) is 32.4 Å². The summed E-state index contributed by atoms with van der Waals surface area (Å²) < 4.78 is 65.2. The number of alkyl carbamates (subject to hydrolysis) is 1. The first-order chi connectivity index (χ1) is 17.0. The Balaban J connectivity index is 2.21. The number of nitrogens with zero attached hydrogens (tertiary/aromatic N) is 1. The Bertz CT molecular complexity index is 1180. The molecule has 0 saturated heterocycles. The SMILES string of the molecule is CC(C)CNC(=O)O[C@@H](C)c1ccc(-c2ccc(Cl)cn2)c(OC(F)(F)C(F)F)c1-c1ccccc1. The second-order valence-corrected chi connectivity index (χ2v) is 8.86. The van der Waals surface area contributed by atoms with E-state index in [0.717, 1.165) is 0 Å². The average molecular weight is 525 g/mol. The summed E-state index contributed by atoms with van der Waals surface area (Å²) in [6.45, 7) is 5.74.